The molecule has 2 atom stereocenters. The minimum Gasteiger partial charge on any atom is -0.497 e. The summed E-state index contributed by atoms with van der Waals surface area (Å²) in [4.78, 5) is 11.6. The maximum Gasteiger partial charge on any atom is 0.145 e. The van der Waals surface area contributed by atoms with E-state index in [1.807, 2.05) is 31.2 Å². The molecule has 0 heterocycles. The summed E-state index contributed by atoms with van der Waals surface area (Å²) in [7, 11) is 1.63. The Bertz CT molecular complexity index is 369. The summed E-state index contributed by atoms with van der Waals surface area (Å²) in [6, 6.07) is 7.63. The molecule has 86 valence electrons. The monoisotopic (exact) mass is 220 g/mol. The summed E-state index contributed by atoms with van der Waals surface area (Å²) in [5, 5.41) is 0. The van der Waals surface area contributed by atoms with Gasteiger partial charge in [-0.2, -0.15) is 0 Å². The first-order valence-corrected chi connectivity index (χ1v) is 5.54. The summed E-state index contributed by atoms with van der Waals surface area (Å²) in [6.07, 6.45) is 0.607. The zero-order chi connectivity index (χ0) is 11.5. The molecule has 1 aromatic rings. The number of rotatable bonds is 4. The van der Waals surface area contributed by atoms with E-state index in [1.165, 1.54) is 0 Å². The zero-order valence-electron chi connectivity index (χ0n) is 9.60. The third kappa shape index (κ3) is 1.95. The van der Waals surface area contributed by atoms with E-state index in [0.717, 1.165) is 11.3 Å². The van der Waals surface area contributed by atoms with E-state index in [2.05, 4.69) is 0 Å². The Morgan fingerprint density at radius 1 is 1.31 bits per heavy atom. The highest BCUT2D eigenvalue weighted by molar-refractivity contribution is 5.93. The van der Waals surface area contributed by atoms with Crippen molar-refractivity contribution in [1.29, 1.82) is 0 Å². The van der Waals surface area contributed by atoms with Crippen LogP contribution in [0.5, 0.6) is 5.75 Å². The van der Waals surface area contributed by atoms with E-state index in [-0.39, 0.29) is 17.8 Å². The molecule has 0 amide bonds. The van der Waals surface area contributed by atoms with E-state index in [4.69, 9.17) is 9.47 Å². The minimum absolute atomic E-state index is 0.0610. The van der Waals surface area contributed by atoms with Crippen LogP contribution in [0.3, 0.4) is 0 Å². The van der Waals surface area contributed by atoms with Gasteiger partial charge in [0.15, 0.2) is 0 Å². The van der Waals surface area contributed by atoms with Crippen LogP contribution in [0.1, 0.15) is 24.8 Å². The number of ketones is 1. The van der Waals surface area contributed by atoms with Gasteiger partial charge in [0.1, 0.15) is 11.5 Å². The maximum absolute atomic E-state index is 11.6. The molecule has 0 unspecified atom stereocenters. The quantitative estimate of drug-likeness (QED) is 0.780. The number of hydrogen-bond acceptors (Lipinski definition) is 3. The summed E-state index contributed by atoms with van der Waals surface area (Å²) in [5.74, 6) is 0.998. The standard InChI is InChI=1S/C13H16O3/c1-3-16-12-8-11(14)13(12)9-4-6-10(15-2)7-5-9/h4-7,12-13H,3,8H2,1-2H3/t12-,13-/m0/s1. The summed E-state index contributed by atoms with van der Waals surface area (Å²) in [6.45, 7) is 2.61. The normalized spacial score (nSPS) is 24.0. The Balaban J connectivity index is 2.12. The van der Waals surface area contributed by atoms with Crippen molar-refractivity contribution in [2.24, 2.45) is 0 Å². The molecule has 0 saturated heterocycles. The lowest BCUT2D eigenvalue weighted by Gasteiger charge is -2.34. The molecule has 1 saturated carbocycles. The maximum atomic E-state index is 11.6. The molecule has 0 spiro atoms. The van der Waals surface area contributed by atoms with Crippen LogP contribution in [0.15, 0.2) is 24.3 Å². The topological polar surface area (TPSA) is 35.5 Å². The van der Waals surface area contributed by atoms with Gasteiger partial charge >= 0.3 is 0 Å². The Morgan fingerprint density at radius 2 is 2.00 bits per heavy atom. The van der Waals surface area contributed by atoms with Gasteiger partial charge in [0.05, 0.1) is 19.1 Å². The van der Waals surface area contributed by atoms with Gasteiger partial charge in [0.25, 0.3) is 0 Å². The highest BCUT2D eigenvalue weighted by Crippen LogP contribution is 2.36. The number of methoxy groups -OCH3 is 1. The van der Waals surface area contributed by atoms with E-state index in [9.17, 15) is 4.79 Å². The number of benzene rings is 1. The molecule has 0 radical (unpaired) electrons. The molecule has 1 aliphatic rings. The van der Waals surface area contributed by atoms with Gasteiger partial charge in [-0.1, -0.05) is 12.1 Å². The molecule has 3 heteroatoms. The molecule has 0 N–H and O–H groups in total. The van der Waals surface area contributed by atoms with E-state index in [1.54, 1.807) is 7.11 Å². The van der Waals surface area contributed by atoms with E-state index in [0.29, 0.717) is 13.0 Å². The third-order valence-corrected chi connectivity index (χ3v) is 2.98. The lowest BCUT2D eigenvalue weighted by Crippen LogP contribution is -2.41. The van der Waals surface area contributed by atoms with Crippen molar-refractivity contribution in [3.05, 3.63) is 29.8 Å². The van der Waals surface area contributed by atoms with Crippen LogP contribution >= 0.6 is 0 Å². The Labute approximate surface area is 95.4 Å². The van der Waals surface area contributed by atoms with Crippen LogP contribution in [0.4, 0.5) is 0 Å². The van der Waals surface area contributed by atoms with Crippen molar-refractivity contribution in [3.8, 4) is 5.75 Å². The first kappa shape index (κ1) is 11.1. The van der Waals surface area contributed by atoms with Gasteiger partial charge in [-0.3, -0.25) is 4.79 Å². The number of carbonyl (C=O) groups excluding carboxylic acids is 1. The van der Waals surface area contributed by atoms with E-state index < -0.39 is 0 Å². The smallest absolute Gasteiger partial charge is 0.145 e. The molecule has 1 aromatic carbocycles. The van der Waals surface area contributed by atoms with Crippen molar-refractivity contribution in [2.45, 2.75) is 25.4 Å². The summed E-state index contributed by atoms with van der Waals surface area (Å²) in [5.41, 5.74) is 1.02. The van der Waals surface area contributed by atoms with Gasteiger partial charge in [-0.25, -0.2) is 0 Å². The molecule has 1 fully saturated rings. The Kier molecular flexibility index (Phi) is 3.25. The molecular weight excluding hydrogens is 204 g/mol. The largest absolute Gasteiger partial charge is 0.497 e. The Morgan fingerprint density at radius 3 is 2.50 bits per heavy atom. The van der Waals surface area contributed by atoms with Crippen LogP contribution in [0, 0.1) is 0 Å². The van der Waals surface area contributed by atoms with Crippen molar-refractivity contribution in [3.63, 3.8) is 0 Å². The van der Waals surface area contributed by atoms with Crippen molar-refractivity contribution in [1.82, 2.24) is 0 Å². The number of Topliss-reactive ketones (excluding diaryl/α,β-unsaturated/α-hetero) is 1. The first-order valence-electron chi connectivity index (χ1n) is 5.54. The van der Waals surface area contributed by atoms with Crippen LogP contribution in [0.25, 0.3) is 0 Å². The van der Waals surface area contributed by atoms with Gasteiger partial charge in [-0.05, 0) is 24.6 Å². The highest BCUT2D eigenvalue weighted by atomic mass is 16.5. The summed E-state index contributed by atoms with van der Waals surface area (Å²) < 4.78 is 10.6. The van der Waals surface area contributed by atoms with Gasteiger partial charge in [0, 0.05) is 13.0 Å². The predicted octanol–water partition coefficient (Wildman–Crippen LogP) is 2.16. The first-order chi connectivity index (χ1) is 7.76. The number of carbonyl (C=O) groups is 1. The fraction of sp³-hybridized carbons (Fsp3) is 0.462. The van der Waals surface area contributed by atoms with Crippen LogP contribution in [-0.4, -0.2) is 25.6 Å². The lowest BCUT2D eigenvalue weighted by molar-refractivity contribution is -0.137. The second-order valence-corrected chi connectivity index (χ2v) is 3.92. The minimum atomic E-state index is -0.0779. The molecule has 2 rings (SSSR count). The SMILES string of the molecule is CCO[C@H]1CC(=O)[C@@H]1c1ccc(OC)cc1. The fourth-order valence-corrected chi connectivity index (χ4v) is 2.07. The number of ether oxygens (including phenoxy) is 2. The predicted molar refractivity (Wildman–Crippen MR) is 60.8 cm³/mol. The molecule has 0 bridgehead atoms. The lowest BCUT2D eigenvalue weighted by atomic mass is 9.75. The summed E-state index contributed by atoms with van der Waals surface area (Å²) >= 11 is 0. The van der Waals surface area contributed by atoms with Crippen LogP contribution in [0.2, 0.25) is 0 Å². The zero-order valence-corrected chi connectivity index (χ0v) is 9.60. The van der Waals surface area contributed by atoms with Crippen LogP contribution < -0.4 is 4.74 Å². The second-order valence-electron chi connectivity index (χ2n) is 3.92. The average Bonchev–Trinajstić information content (AvgIpc) is 2.29. The highest BCUT2D eigenvalue weighted by Gasteiger charge is 2.41. The average molecular weight is 220 g/mol. The van der Waals surface area contributed by atoms with Gasteiger partial charge in [-0.15, -0.1) is 0 Å². The van der Waals surface area contributed by atoms with Gasteiger partial charge < -0.3 is 9.47 Å². The van der Waals surface area contributed by atoms with Crippen molar-refractivity contribution < 1.29 is 14.3 Å². The second kappa shape index (κ2) is 4.66. The molecule has 0 aliphatic heterocycles. The van der Waals surface area contributed by atoms with Crippen LogP contribution in [-0.2, 0) is 9.53 Å². The molecule has 0 aromatic heterocycles. The van der Waals surface area contributed by atoms with Gasteiger partial charge in [0.2, 0.25) is 0 Å². The molecule has 3 nitrogen and oxygen atoms in total. The third-order valence-electron chi connectivity index (χ3n) is 2.98. The fourth-order valence-electron chi connectivity index (χ4n) is 2.07. The molecular formula is C13H16O3. The molecule has 16 heavy (non-hydrogen) atoms. The van der Waals surface area contributed by atoms with Crippen molar-refractivity contribution >= 4 is 5.78 Å². The van der Waals surface area contributed by atoms with E-state index >= 15 is 0 Å². The molecule has 1 aliphatic carbocycles. The van der Waals surface area contributed by atoms with Crippen molar-refractivity contribution in [2.75, 3.05) is 13.7 Å². The Hall–Kier alpha value is -1.35. The number of hydrogen-bond donors (Lipinski definition) is 0.